The zero-order valence-corrected chi connectivity index (χ0v) is 18.3. The summed E-state index contributed by atoms with van der Waals surface area (Å²) in [6.45, 7) is 6.96. The Bertz CT molecular complexity index is 971. The van der Waals surface area contributed by atoms with E-state index in [9.17, 15) is 14.7 Å². The number of Topliss-reactive ketones (excluding diaryl/α,β-unsaturated/α-hetero) is 1. The molecule has 2 aliphatic heterocycles. The second kappa shape index (κ2) is 5.56. The molecular weight excluding hydrogens is 403 g/mol. The van der Waals surface area contributed by atoms with Crippen molar-refractivity contribution in [1.29, 1.82) is 0 Å². The SMILES string of the molecule is CC1(C)OC2C[C@H]3[C@@H]4C[C@H](F)C5=CC(=O)C=C[C@]5(C)C45OC5C[C@]3(C)[C@]2(C(=O)CO)O1. The van der Waals surface area contributed by atoms with Gasteiger partial charge in [0.05, 0.1) is 12.2 Å². The number of ether oxygens (including phenoxy) is 3. The first kappa shape index (κ1) is 20.2. The number of fused-ring (bicyclic) bond motifs is 5. The Hall–Kier alpha value is -1.41. The molecule has 4 aliphatic carbocycles. The lowest BCUT2D eigenvalue weighted by Gasteiger charge is -2.56. The number of carbonyl (C=O) groups is 2. The van der Waals surface area contributed by atoms with Crippen LogP contribution >= 0.6 is 0 Å². The summed E-state index contributed by atoms with van der Waals surface area (Å²) in [6, 6.07) is 0. The molecule has 3 unspecified atom stereocenters. The Morgan fingerprint density at radius 1 is 1.16 bits per heavy atom. The molecule has 6 nitrogen and oxygen atoms in total. The minimum absolute atomic E-state index is 0.0643. The third-order valence-electron chi connectivity index (χ3n) is 9.47. The largest absolute Gasteiger partial charge is 0.388 e. The average Bonchev–Trinajstić information content (AvgIpc) is 3.28. The van der Waals surface area contributed by atoms with E-state index in [4.69, 9.17) is 14.2 Å². The predicted octanol–water partition coefficient (Wildman–Crippen LogP) is 2.44. The second-order valence-electron chi connectivity index (χ2n) is 11.1. The molecule has 1 spiro atoms. The van der Waals surface area contributed by atoms with Crippen molar-refractivity contribution in [2.75, 3.05) is 6.61 Å². The zero-order valence-electron chi connectivity index (χ0n) is 18.3. The molecule has 0 radical (unpaired) electrons. The van der Waals surface area contributed by atoms with Gasteiger partial charge in [0.15, 0.2) is 23.0 Å². The smallest absolute Gasteiger partial charge is 0.193 e. The molecule has 6 aliphatic rings. The average molecular weight is 432 g/mol. The highest BCUT2D eigenvalue weighted by atomic mass is 19.1. The highest BCUT2D eigenvalue weighted by Gasteiger charge is 2.85. The van der Waals surface area contributed by atoms with Gasteiger partial charge in [0.2, 0.25) is 0 Å². The number of halogens is 1. The zero-order chi connectivity index (χ0) is 22.2. The van der Waals surface area contributed by atoms with E-state index in [2.05, 4.69) is 0 Å². The van der Waals surface area contributed by atoms with Gasteiger partial charge < -0.3 is 19.3 Å². The Balaban J connectivity index is 1.48. The first-order valence-corrected chi connectivity index (χ1v) is 11.2. The van der Waals surface area contributed by atoms with Crippen molar-refractivity contribution in [3.63, 3.8) is 0 Å². The van der Waals surface area contributed by atoms with Crippen LogP contribution in [0, 0.1) is 22.7 Å². The van der Waals surface area contributed by atoms with Gasteiger partial charge >= 0.3 is 0 Å². The molecular formula is C24H29FO6. The van der Waals surface area contributed by atoms with Crippen LogP contribution in [0.15, 0.2) is 23.8 Å². The molecule has 0 aromatic rings. The van der Waals surface area contributed by atoms with Gasteiger partial charge in [-0.05, 0) is 69.6 Å². The van der Waals surface area contributed by atoms with E-state index < -0.39 is 46.7 Å². The van der Waals surface area contributed by atoms with Gasteiger partial charge in [0.1, 0.15) is 18.4 Å². The molecule has 5 fully saturated rings. The molecule has 0 amide bonds. The summed E-state index contributed by atoms with van der Waals surface area (Å²) in [5.74, 6) is -1.70. The number of allylic oxidation sites excluding steroid dienone is 2. The van der Waals surface area contributed by atoms with Crippen LogP contribution < -0.4 is 0 Å². The maximum absolute atomic E-state index is 15.5. The number of hydrogen-bond acceptors (Lipinski definition) is 6. The number of aliphatic hydroxyl groups excluding tert-OH is 1. The summed E-state index contributed by atoms with van der Waals surface area (Å²) in [7, 11) is 0. The lowest BCUT2D eigenvalue weighted by Crippen LogP contribution is -2.64. The Morgan fingerprint density at radius 3 is 2.61 bits per heavy atom. The molecule has 0 aromatic carbocycles. The third kappa shape index (κ3) is 2.04. The van der Waals surface area contributed by atoms with Crippen LogP contribution in [0.25, 0.3) is 0 Å². The molecule has 0 aromatic heterocycles. The van der Waals surface area contributed by atoms with Crippen molar-refractivity contribution in [2.24, 2.45) is 22.7 Å². The van der Waals surface area contributed by atoms with Gasteiger partial charge in [-0.15, -0.1) is 0 Å². The maximum Gasteiger partial charge on any atom is 0.193 e. The van der Waals surface area contributed by atoms with Crippen molar-refractivity contribution in [1.82, 2.24) is 0 Å². The fraction of sp³-hybridized carbons (Fsp3) is 0.750. The quantitative estimate of drug-likeness (QED) is 0.675. The number of epoxide rings is 1. The lowest BCUT2D eigenvalue weighted by molar-refractivity contribution is -0.212. The monoisotopic (exact) mass is 432 g/mol. The molecule has 168 valence electrons. The van der Waals surface area contributed by atoms with Crippen LogP contribution in [0.5, 0.6) is 0 Å². The van der Waals surface area contributed by atoms with Gasteiger partial charge in [-0.1, -0.05) is 13.0 Å². The van der Waals surface area contributed by atoms with Crippen LogP contribution in [-0.4, -0.2) is 58.6 Å². The first-order valence-electron chi connectivity index (χ1n) is 11.2. The van der Waals surface area contributed by atoms with E-state index in [0.717, 1.165) is 0 Å². The van der Waals surface area contributed by atoms with E-state index in [1.807, 2.05) is 19.9 Å². The number of hydrogen-bond donors (Lipinski definition) is 1. The van der Waals surface area contributed by atoms with Crippen molar-refractivity contribution in [3.05, 3.63) is 23.8 Å². The first-order chi connectivity index (χ1) is 14.4. The van der Waals surface area contributed by atoms with Crippen molar-refractivity contribution in [2.45, 2.75) is 82.3 Å². The fourth-order valence-corrected chi connectivity index (χ4v) is 8.36. The van der Waals surface area contributed by atoms with Crippen molar-refractivity contribution < 1.29 is 33.3 Å². The Kier molecular flexibility index (Phi) is 3.62. The number of aliphatic hydroxyl groups is 1. The molecule has 6 rings (SSSR count). The minimum Gasteiger partial charge on any atom is -0.388 e. The second-order valence-corrected chi connectivity index (χ2v) is 11.1. The van der Waals surface area contributed by atoms with Crippen molar-refractivity contribution in [3.8, 4) is 0 Å². The van der Waals surface area contributed by atoms with E-state index in [-0.39, 0.29) is 35.9 Å². The predicted molar refractivity (Wildman–Crippen MR) is 107 cm³/mol. The van der Waals surface area contributed by atoms with E-state index in [1.165, 1.54) is 12.2 Å². The summed E-state index contributed by atoms with van der Waals surface area (Å²) < 4.78 is 34.5. The topological polar surface area (TPSA) is 85.4 Å². The maximum atomic E-state index is 15.5. The summed E-state index contributed by atoms with van der Waals surface area (Å²) in [4.78, 5) is 25.2. The van der Waals surface area contributed by atoms with Crippen molar-refractivity contribution >= 4 is 11.6 Å². The summed E-state index contributed by atoms with van der Waals surface area (Å²) in [6.07, 6.45) is 4.25. The Labute approximate surface area is 180 Å². The number of carbonyl (C=O) groups excluding carboxylic acids is 2. The fourth-order valence-electron chi connectivity index (χ4n) is 8.36. The molecule has 2 heterocycles. The van der Waals surface area contributed by atoms with Gasteiger partial charge in [-0.2, -0.15) is 0 Å². The standard InChI is InChI=1S/C24H29FO6/c1-20(2)29-18-9-13-14-8-16(25)15-7-12(27)5-6-21(15,3)23(14)19(30-23)10-22(13,4)24(18,31-20)17(28)11-26/h5-7,13-14,16,18-19,26H,8-11H2,1-4H3/t13-,14-,16-,18?,19?,21-,22-,23?,24+/m0/s1. The summed E-state index contributed by atoms with van der Waals surface area (Å²) in [5, 5.41) is 9.86. The van der Waals surface area contributed by atoms with E-state index in [1.54, 1.807) is 13.8 Å². The molecule has 2 saturated heterocycles. The van der Waals surface area contributed by atoms with Crippen LogP contribution in [0.3, 0.4) is 0 Å². The Morgan fingerprint density at radius 2 is 1.90 bits per heavy atom. The number of alkyl halides is 1. The lowest BCUT2D eigenvalue weighted by atomic mass is 9.46. The van der Waals surface area contributed by atoms with Crippen LogP contribution in [-0.2, 0) is 23.8 Å². The molecule has 7 heteroatoms. The number of ketones is 2. The van der Waals surface area contributed by atoms with E-state index >= 15 is 4.39 Å². The summed E-state index contributed by atoms with van der Waals surface area (Å²) in [5.41, 5.74) is -2.68. The highest BCUT2D eigenvalue weighted by Crippen LogP contribution is 2.77. The molecule has 3 saturated carbocycles. The third-order valence-corrected chi connectivity index (χ3v) is 9.47. The van der Waals surface area contributed by atoms with Crippen LogP contribution in [0.1, 0.15) is 47.0 Å². The molecule has 1 N–H and O–H groups in total. The van der Waals surface area contributed by atoms with Gasteiger partial charge in [-0.3, -0.25) is 9.59 Å². The van der Waals surface area contributed by atoms with Gasteiger partial charge in [-0.25, -0.2) is 4.39 Å². The molecule has 0 bridgehead atoms. The van der Waals surface area contributed by atoms with Crippen LogP contribution in [0.4, 0.5) is 4.39 Å². The summed E-state index contributed by atoms with van der Waals surface area (Å²) >= 11 is 0. The number of rotatable bonds is 2. The minimum atomic E-state index is -1.27. The van der Waals surface area contributed by atoms with Crippen LogP contribution in [0.2, 0.25) is 0 Å². The highest BCUT2D eigenvalue weighted by molar-refractivity contribution is 6.01. The molecule has 9 atom stereocenters. The normalized spacial score (nSPS) is 55.5. The molecule has 31 heavy (non-hydrogen) atoms. The van der Waals surface area contributed by atoms with Gasteiger partial charge in [0, 0.05) is 10.8 Å². The van der Waals surface area contributed by atoms with E-state index in [0.29, 0.717) is 18.4 Å². The van der Waals surface area contributed by atoms with Gasteiger partial charge in [0.25, 0.3) is 0 Å².